The molecule has 0 radical (unpaired) electrons. The van der Waals surface area contributed by atoms with Gasteiger partial charge >= 0.3 is 0 Å². The average molecular weight is 409 g/mol. The molecule has 1 fully saturated rings. The van der Waals surface area contributed by atoms with Crippen LogP contribution in [0.1, 0.15) is 10.4 Å². The first kappa shape index (κ1) is 19.4. The molecule has 2 aromatic rings. The molecule has 3 rings (SSSR count). The van der Waals surface area contributed by atoms with Gasteiger partial charge < -0.3 is 15.1 Å². The lowest BCUT2D eigenvalue weighted by Crippen LogP contribution is -2.44. The van der Waals surface area contributed by atoms with Crippen LogP contribution in [0.15, 0.2) is 36.4 Å². The summed E-state index contributed by atoms with van der Waals surface area (Å²) < 4.78 is 0. The number of anilines is 2. The number of likely N-dealkylation sites (N-methyl/N-ethyl adjacent to an activating group) is 1. The lowest BCUT2D eigenvalue weighted by Gasteiger charge is -2.33. The van der Waals surface area contributed by atoms with E-state index in [-0.39, 0.29) is 11.3 Å². The highest BCUT2D eigenvalue weighted by molar-refractivity contribution is 6.35. The first-order chi connectivity index (χ1) is 12.8. The van der Waals surface area contributed by atoms with Gasteiger partial charge in [-0.2, -0.15) is 0 Å². The molecule has 0 spiro atoms. The molecule has 1 amide bonds. The van der Waals surface area contributed by atoms with Crippen molar-refractivity contribution in [3.8, 4) is 0 Å². The summed E-state index contributed by atoms with van der Waals surface area (Å²) >= 11 is 11.9. The quantitative estimate of drug-likeness (QED) is 0.612. The Morgan fingerprint density at radius 3 is 2.30 bits per heavy atom. The van der Waals surface area contributed by atoms with Gasteiger partial charge in [-0.15, -0.1) is 0 Å². The van der Waals surface area contributed by atoms with Crippen molar-refractivity contribution in [1.29, 1.82) is 0 Å². The molecule has 0 saturated carbocycles. The minimum Gasteiger partial charge on any atom is -0.363 e. The topological polar surface area (TPSA) is 78.7 Å². The molecule has 1 saturated heterocycles. The Kier molecular flexibility index (Phi) is 5.84. The molecule has 1 aliphatic rings. The molecule has 0 atom stereocenters. The molecule has 1 heterocycles. The van der Waals surface area contributed by atoms with Gasteiger partial charge in [-0.25, -0.2) is 0 Å². The van der Waals surface area contributed by atoms with Crippen LogP contribution in [0.4, 0.5) is 17.1 Å². The smallest absolute Gasteiger partial charge is 0.293 e. The van der Waals surface area contributed by atoms with Crippen LogP contribution in [0, 0.1) is 10.1 Å². The summed E-state index contributed by atoms with van der Waals surface area (Å²) in [6.45, 7) is 3.05. The maximum absolute atomic E-state index is 12.5. The number of hydrogen-bond donors (Lipinski definition) is 1. The second-order valence-corrected chi connectivity index (χ2v) is 7.24. The molecule has 0 unspecified atom stereocenters. The number of piperazine rings is 1. The number of carbonyl (C=O) groups excluding carboxylic acids is 1. The zero-order valence-electron chi connectivity index (χ0n) is 14.6. The number of hydrogen-bond acceptors (Lipinski definition) is 5. The lowest BCUT2D eigenvalue weighted by atomic mass is 10.1. The molecule has 0 aromatic heterocycles. The summed E-state index contributed by atoms with van der Waals surface area (Å²) in [7, 11) is 2.02. The number of carbonyl (C=O) groups is 1. The number of halogens is 2. The number of amides is 1. The highest BCUT2D eigenvalue weighted by atomic mass is 35.5. The van der Waals surface area contributed by atoms with E-state index in [0.717, 1.165) is 13.1 Å². The van der Waals surface area contributed by atoms with Crippen molar-refractivity contribution in [2.24, 2.45) is 0 Å². The lowest BCUT2D eigenvalue weighted by molar-refractivity contribution is -0.384. The first-order valence-electron chi connectivity index (χ1n) is 8.33. The Balaban J connectivity index is 1.84. The van der Waals surface area contributed by atoms with Gasteiger partial charge in [-0.05, 0) is 37.4 Å². The van der Waals surface area contributed by atoms with E-state index < -0.39 is 10.8 Å². The van der Waals surface area contributed by atoms with Gasteiger partial charge in [-0.1, -0.05) is 23.2 Å². The highest BCUT2D eigenvalue weighted by Crippen LogP contribution is 2.30. The fourth-order valence-electron chi connectivity index (χ4n) is 2.95. The Labute approximate surface area is 166 Å². The monoisotopic (exact) mass is 408 g/mol. The number of nitro benzene ring substituents is 1. The Bertz CT molecular complexity index is 863. The summed E-state index contributed by atoms with van der Waals surface area (Å²) in [5.41, 5.74) is 1.05. The molecule has 0 aliphatic carbocycles. The Morgan fingerprint density at radius 1 is 1.07 bits per heavy atom. The van der Waals surface area contributed by atoms with Crippen LogP contribution in [0.25, 0.3) is 0 Å². The van der Waals surface area contributed by atoms with E-state index in [9.17, 15) is 14.9 Å². The van der Waals surface area contributed by atoms with Gasteiger partial charge in [0.05, 0.1) is 4.92 Å². The Morgan fingerprint density at radius 2 is 1.70 bits per heavy atom. The number of nitrogens with one attached hydrogen (secondary N) is 1. The number of nitrogens with zero attached hydrogens (tertiary/aromatic N) is 3. The molecular weight excluding hydrogens is 391 g/mol. The third-order valence-corrected chi connectivity index (χ3v) is 4.84. The van der Waals surface area contributed by atoms with E-state index in [1.54, 1.807) is 30.3 Å². The second-order valence-electron chi connectivity index (χ2n) is 6.36. The first-order valence-corrected chi connectivity index (χ1v) is 9.08. The van der Waals surface area contributed by atoms with Crippen molar-refractivity contribution < 1.29 is 9.72 Å². The number of rotatable bonds is 4. The maximum atomic E-state index is 12.5. The van der Waals surface area contributed by atoms with Gasteiger partial charge in [0.1, 0.15) is 5.69 Å². The minimum absolute atomic E-state index is 0.0867. The van der Waals surface area contributed by atoms with Crippen LogP contribution in [0.3, 0.4) is 0 Å². The van der Waals surface area contributed by atoms with E-state index in [4.69, 9.17) is 23.2 Å². The SMILES string of the molecule is CN1CCN(c2ccc(C(=O)Nc3cc(Cl)cc(Cl)c3)cc2[N+](=O)[O-])CC1. The Hall–Kier alpha value is -2.35. The third-order valence-electron chi connectivity index (χ3n) is 4.40. The molecule has 1 aliphatic heterocycles. The van der Waals surface area contributed by atoms with Crippen LogP contribution in [-0.4, -0.2) is 49.0 Å². The van der Waals surface area contributed by atoms with E-state index in [1.165, 1.54) is 6.07 Å². The second kappa shape index (κ2) is 8.12. The van der Waals surface area contributed by atoms with Crippen LogP contribution in [0.2, 0.25) is 10.0 Å². The molecule has 0 bridgehead atoms. The van der Waals surface area contributed by atoms with Crippen LogP contribution >= 0.6 is 23.2 Å². The summed E-state index contributed by atoms with van der Waals surface area (Å²) in [5, 5.41) is 15.0. The maximum Gasteiger partial charge on any atom is 0.293 e. The van der Waals surface area contributed by atoms with E-state index in [1.807, 2.05) is 11.9 Å². The van der Waals surface area contributed by atoms with Crippen molar-refractivity contribution in [2.45, 2.75) is 0 Å². The summed E-state index contributed by atoms with van der Waals surface area (Å²) in [4.78, 5) is 27.7. The van der Waals surface area contributed by atoms with Crippen LogP contribution in [-0.2, 0) is 0 Å². The van der Waals surface area contributed by atoms with E-state index in [0.29, 0.717) is 34.5 Å². The molecule has 7 nitrogen and oxygen atoms in total. The van der Waals surface area contributed by atoms with Gasteiger partial charge in [0, 0.05) is 53.5 Å². The zero-order chi connectivity index (χ0) is 19.6. The van der Waals surface area contributed by atoms with Crippen molar-refractivity contribution >= 4 is 46.2 Å². The van der Waals surface area contributed by atoms with E-state index >= 15 is 0 Å². The summed E-state index contributed by atoms with van der Waals surface area (Å²) in [5.74, 6) is -0.471. The summed E-state index contributed by atoms with van der Waals surface area (Å²) in [6.07, 6.45) is 0. The van der Waals surface area contributed by atoms with Crippen LogP contribution < -0.4 is 10.2 Å². The normalized spacial score (nSPS) is 14.9. The predicted molar refractivity (Wildman–Crippen MR) is 107 cm³/mol. The highest BCUT2D eigenvalue weighted by Gasteiger charge is 2.24. The number of benzene rings is 2. The van der Waals surface area contributed by atoms with Crippen molar-refractivity contribution in [3.63, 3.8) is 0 Å². The zero-order valence-corrected chi connectivity index (χ0v) is 16.1. The number of nitro groups is 1. The standard InChI is InChI=1S/C18H18Cl2N4O3/c1-22-4-6-23(7-5-22)16-3-2-12(8-17(16)24(26)27)18(25)21-15-10-13(19)9-14(20)11-15/h2-3,8-11H,4-7H2,1H3,(H,21,25). The van der Waals surface area contributed by atoms with Crippen molar-refractivity contribution in [3.05, 3.63) is 62.1 Å². The fraction of sp³-hybridized carbons (Fsp3) is 0.278. The van der Waals surface area contributed by atoms with Crippen molar-refractivity contribution in [2.75, 3.05) is 43.4 Å². The van der Waals surface area contributed by atoms with Gasteiger partial charge in [-0.3, -0.25) is 14.9 Å². The predicted octanol–water partition coefficient (Wildman–Crippen LogP) is 3.91. The molecule has 2 aromatic carbocycles. The molecule has 1 N–H and O–H groups in total. The molecule has 142 valence electrons. The van der Waals surface area contributed by atoms with Gasteiger partial charge in [0.2, 0.25) is 0 Å². The molecular formula is C18H18Cl2N4O3. The van der Waals surface area contributed by atoms with Gasteiger partial charge in [0.15, 0.2) is 0 Å². The van der Waals surface area contributed by atoms with E-state index in [2.05, 4.69) is 10.2 Å². The summed E-state index contributed by atoms with van der Waals surface area (Å²) in [6, 6.07) is 9.17. The molecule has 9 heteroatoms. The van der Waals surface area contributed by atoms with Crippen LogP contribution in [0.5, 0.6) is 0 Å². The fourth-order valence-corrected chi connectivity index (χ4v) is 3.48. The largest absolute Gasteiger partial charge is 0.363 e. The minimum atomic E-state index is -0.471. The van der Waals surface area contributed by atoms with Crippen molar-refractivity contribution in [1.82, 2.24) is 4.90 Å². The average Bonchev–Trinajstić information content (AvgIpc) is 2.61. The molecule has 27 heavy (non-hydrogen) atoms. The van der Waals surface area contributed by atoms with Gasteiger partial charge in [0.25, 0.3) is 11.6 Å². The third kappa shape index (κ3) is 4.68.